The van der Waals surface area contributed by atoms with E-state index in [1.807, 2.05) is 23.6 Å². The second kappa shape index (κ2) is 9.71. The summed E-state index contributed by atoms with van der Waals surface area (Å²) in [4.78, 5) is 27.6. The van der Waals surface area contributed by atoms with Crippen LogP contribution in [0.15, 0.2) is 44.6 Å². The molecule has 2 heterocycles. The standard InChI is InChI=1S/C20H20BrN3O4S/c1-12(25)22-10-14-5-7-18(28-14)16-11-29-20(23-16)24-19(26)8-4-13-3-6-17(27-2)15(21)9-13/h3,5-7,9,11H,4,8,10H2,1-2H3,(H,22,25)(H,23,24,26). The Labute approximate surface area is 180 Å². The number of rotatable bonds is 8. The van der Waals surface area contributed by atoms with Crippen molar-refractivity contribution >= 4 is 44.2 Å². The van der Waals surface area contributed by atoms with Gasteiger partial charge in [-0.05, 0) is 52.2 Å². The number of benzene rings is 1. The van der Waals surface area contributed by atoms with Gasteiger partial charge in [-0.15, -0.1) is 11.3 Å². The zero-order chi connectivity index (χ0) is 20.8. The molecule has 2 amide bonds. The minimum absolute atomic E-state index is 0.108. The molecule has 3 rings (SSSR count). The summed E-state index contributed by atoms with van der Waals surface area (Å²) < 4.78 is 11.7. The van der Waals surface area contributed by atoms with Gasteiger partial charge in [0.1, 0.15) is 17.2 Å². The van der Waals surface area contributed by atoms with E-state index in [2.05, 4.69) is 31.5 Å². The summed E-state index contributed by atoms with van der Waals surface area (Å²) in [5.41, 5.74) is 1.67. The first-order chi connectivity index (χ1) is 13.9. The highest BCUT2D eigenvalue weighted by Crippen LogP contribution is 2.28. The predicted octanol–water partition coefficient (Wildman–Crippen LogP) is 4.38. The van der Waals surface area contributed by atoms with E-state index >= 15 is 0 Å². The zero-order valence-electron chi connectivity index (χ0n) is 16.0. The van der Waals surface area contributed by atoms with Gasteiger partial charge in [0.15, 0.2) is 10.9 Å². The fourth-order valence-corrected chi connectivity index (χ4v) is 3.88. The number of methoxy groups -OCH3 is 1. The van der Waals surface area contributed by atoms with Gasteiger partial charge >= 0.3 is 0 Å². The zero-order valence-corrected chi connectivity index (χ0v) is 18.4. The number of hydrogen-bond donors (Lipinski definition) is 2. The van der Waals surface area contributed by atoms with E-state index in [0.29, 0.717) is 41.7 Å². The van der Waals surface area contributed by atoms with Crippen molar-refractivity contribution in [2.75, 3.05) is 12.4 Å². The van der Waals surface area contributed by atoms with Gasteiger partial charge in [-0.3, -0.25) is 9.59 Å². The first-order valence-electron chi connectivity index (χ1n) is 8.86. The molecule has 2 N–H and O–H groups in total. The molecule has 0 aliphatic carbocycles. The third-order valence-corrected chi connectivity index (χ3v) is 5.41. The molecule has 0 bridgehead atoms. The van der Waals surface area contributed by atoms with Gasteiger partial charge in [-0.1, -0.05) is 6.07 Å². The molecule has 0 atom stereocenters. The third kappa shape index (κ3) is 5.91. The topological polar surface area (TPSA) is 93.5 Å². The summed E-state index contributed by atoms with van der Waals surface area (Å²) in [7, 11) is 1.61. The summed E-state index contributed by atoms with van der Waals surface area (Å²) in [6.45, 7) is 1.78. The van der Waals surface area contributed by atoms with E-state index in [9.17, 15) is 9.59 Å². The minimum atomic E-state index is -0.122. The average molecular weight is 478 g/mol. The average Bonchev–Trinajstić information content (AvgIpc) is 3.34. The van der Waals surface area contributed by atoms with Crippen LogP contribution >= 0.6 is 27.3 Å². The molecule has 0 saturated carbocycles. The van der Waals surface area contributed by atoms with Crippen LogP contribution in [0.2, 0.25) is 0 Å². The Bertz CT molecular complexity index is 1010. The summed E-state index contributed by atoms with van der Waals surface area (Å²) in [6, 6.07) is 9.33. The van der Waals surface area contributed by atoms with Crippen molar-refractivity contribution in [3.8, 4) is 17.2 Å². The second-order valence-corrected chi connectivity index (χ2v) is 7.94. The number of anilines is 1. The number of hydrogen-bond acceptors (Lipinski definition) is 6. The van der Waals surface area contributed by atoms with Crippen LogP contribution in [0.5, 0.6) is 5.75 Å². The van der Waals surface area contributed by atoms with Crippen molar-refractivity contribution in [3.63, 3.8) is 0 Å². The van der Waals surface area contributed by atoms with Crippen LogP contribution in [0.25, 0.3) is 11.5 Å². The SMILES string of the molecule is COc1ccc(CCC(=O)Nc2nc(-c3ccc(CNC(C)=O)o3)cs2)cc1Br. The van der Waals surface area contributed by atoms with E-state index in [-0.39, 0.29) is 11.8 Å². The van der Waals surface area contributed by atoms with Gasteiger partial charge in [-0.25, -0.2) is 4.98 Å². The van der Waals surface area contributed by atoms with E-state index in [4.69, 9.17) is 9.15 Å². The number of nitrogens with zero attached hydrogens (tertiary/aromatic N) is 1. The Hall–Kier alpha value is -2.65. The van der Waals surface area contributed by atoms with Crippen molar-refractivity contribution in [3.05, 3.63) is 51.5 Å². The highest BCUT2D eigenvalue weighted by atomic mass is 79.9. The number of carbonyl (C=O) groups excluding carboxylic acids is 2. The molecule has 3 aromatic rings. The number of carbonyl (C=O) groups is 2. The molecule has 0 saturated heterocycles. The molecule has 2 aromatic heterocycles. The summed E-state index contributed by atoms with van der Waals surface area (Å²) in [5.74, 6) is 1.75. The highest BCUT2D eigenvalue weighted by molar-refractivity contribution is 9.10. The molecule has 0 fully saturated rings. The predicted molar refractivity (Wildman–Crippen MR) is 115 cm³/mol. The molecule has 0 radical (unpaired) electrons. The molecule has 9 heteroatoms. The number of amides is 2. The van der Waals surface area contributed by atoms with Crippen LogP contribution in [0.4, 0.5) is 5.13 Å². The Morgan fingerprint density at radius 1 is 1.28 bits per heavy atom. The highest BCUT2D eigenvalue weighted by Gasteiger charge is 2.12. The van der Waals surface area contributed by atoms with Crippen LogP contribution in [0.3, 0.4) is 0 Å². The van der Waals surface area contributed by atoms with Crippen LogP contribution in [0, 0.1) is 0 Å². The minimum Gasteiger partial charge on any atom is -0.496 e. The lowest BCUT2D eigenvalue weighted by molar-refractivity contribution is -0.119. The number of aryl methyl sites for hydroxylation is 1. The van der Waals surface area contributed by atoms with Crippen molar-refractivity contribution in [2.24, 2.45) is 0 Å². The van der Waals surface area contributed by atoms with Crippen LogP contribution < -0.4 is 15.4 Å². The number of aromatic nitrogens is 1. The maximum atomic E-state index is 12.2. The fraction of sp³-hybridized carbons (Fsp3) is 0.250. The molecule has 1 aromatic carbocycles. The summed E-state index contributed by atoms with van der Waals surface area (Å²) in [6.07, 6.45) is 0.951. The van der Waals surface area contributed by atoms with E-state index in [0.717, 1.165) is 15.8 Å². The maximum absolute atomic E-state index is 12.2. The number of nitrogens with one attached hydrogen (secondary N) is 2. The van der Waals surface area contributed by atoms with Crippen molar-refractivity contribution in [2.45, 2.75) is 26.3 Å². The van der Waals surface area contributed by atoms with Crippen LogP contribution in [0.1, 0.15) is 24.7 Å². The van der Waals surface area contributed by atoms with E-state index in [1.54, 1.807) is 19.2 Å². The van der Waals surface area contributed by atoms with Crippen molar-refractivity contribution < 1.29 is 18.7 Å². The van der Waals surface area contributed by atoms with Gasteiger partial charge in [0.05, 0.1) is 18.1 Å². The molecule has 0 aliphatic heterocycles. The number of thiazole rings is 1. The lowest BCUT2D eigenvalue weighted by Gasteiger charge is -2.06. The van der Waals surface area contributed by atoms with E-state index < -0.39 is 0 Å². The van der Waals surface area contributed by atoms with Crippen molar-refractivity contribution in [1.82, 2.24) is 10.3 Å². The Balaban J connectivity index is 1.53. The van der Waals surface area contributed by atoms with Gasteiger partial charge in [0, 0.05) is 18.7 Å². The van der Waals surface area contributed by atoms with E-state index in [1.165, 1.54) is 18.3 Å². The smallest absolute Gasteiger partial charge is 0.226 e. The molecular weight excluding hydrogens is 458 g/mol. The molecule has 0 unspecified atom stereocenters. The van der Waals surface area contributed by atoms with Crippen molar-refractivity contribution in [1.29, 1.82) is 0 Å². The molecule has 29 heavy (non-hydrogen) atoms. The Kier molecular flexibility index (Phi) is 7.05. The third-order valence-electron chi connectivity index (χ3n) is 4.03. The van der Waals surface area contributed by atoms with Gasteiger partial charge < -0.3 is 19.8 Å². The second-order valence-electron chi connectivity index (χ2n) is 6.23. The normalized spacial score (nSPS) is 10.6. The lowest BCUT2D eigenvalue weighted by atomic mass is 10.1. The van der Waals surface area contributed by atoms with Gasteiger partial charge in [-0.2, -0.15) is 0 Å². The Morgan fingerprint density at radius 3 is 2.83 bits per heavy atom. The number of furan rings is 1. The molecular formula is C20H20BrN3O4S. The monoisotopic (exact) mass is 477 g/mol. The number of halogens is 1. The lowest BCUT2D eigenvalue weighted by Crippen LogP contribution is -2.18. The molecule has 152 valence electrons. The van der Waals surface area contributed by atoms with Crippen LogP contribution in [-0.4, -0.2) is 23.9 Å². The number of ether oxygens (including phenoxy) is 1. The van der Waals surface area contributed by atoms with Gasteiger partial charge in [0.25, 0.3) is 0 Å². The maximum Gasteiger partial charge on any atom is 0.226 e. The fourth-order valence-electron chi connectivity index (χ4n) is 2.57. The first-order valence-corrected chi connectivity index (χ1v) is 10.5. The van der Waals surface area contributed by atoms with Crippen LogP contribution in [-0.2, 0) is 22.6 Å². The molecule has 0 spiro atoms. The van der Waals surface area contributed by atoms with Gasteiger partial charge in [0.2, 0.25) is 11.8 Å². The first kappa shape index (κ1) is 21.1. The molecule has 7 nitrogen and oxygen atoms in total. The Morgan fingerprint density at radius 2 is 2.10 bits per heavy atom. The summed E-state index contributed by atoms with van der Waals surface area (Å²) >= 11 is 4.78. The quantitative estimate of drug-likeness (QED) is 0.501. The molecule has 0 aliphatic rings. The summed E-state index contributed by atoms with van der Waals surface area (Å²) in [5, 5.41) is 7.83. The largest absolute Gasteiger partial charge is 0.496 e.